The van der Waals surface area contributed by atoms with Gasteiger partial charge >= 0.3 is 11.9 Å². The van der Waals surface area contributed by atoms with E-state index in [1.165, 1.54) is 42.0 Å². The van der Waals surface area contributed by atoms with Crippen LogP contribution in [0.1, 0.15) is 5.56 Å². The van der Waals surface area contributed by atoms with E-state index < -0.39 is 23.5 Å². The van der Waals surface area contributed by atoms with Crippen molar-refractivity contribution in [2.75, 3.05) is 13.7 Å². The molecule has 0 aliphatic rings. The lowest BCUT2D eigenvalue weighted by Gasteiger charge is -2.15. The van der Waals surface area contributed by atoms with Crippen molar-refractivity contribution in [3.05, 3.63) is 80.8 Å². The number of fused-ring (bicyclic) bond motifs is 1. The summed E-state index contributed by atoms with van der Waals surface area (Å²) in [4.78, 5) is 12.8. The highest BCUT2D eigenvalue weighted by atomic mass is 35.5. The first-order valence-electron chi connectivity index (χ1n) is 10.2. The van der Waals surface area contributed by atoms with Crippen molar-refractivity contribution in [2.24, 2.45) is 0 Å². The predicted molar refractivity (Wildman–Crippen MR) is 124 cm³/mol. The van der Waals surface area contributed by atoms with Crippen molar-refractivity contribution < 1.29 is 27.8 Å². The normalized spacial score (nSPS) is 12.7. The topological polar surface area (TPSA) is 78.0 Å². The van der Waals surface area contributed by atoms with Crippen LogP contribution < -0.4 is 15.2 Å². The number of hydrogen-bond acceptors (Lipinski definition) is 5. The van der Waals surface area contributed by atoms with E-state index in [1.807, 2.05) is 0 Å². The summed E-state index contributed by atoms with van der Waals surface area (Å²) in [5.41, 5.74) is 0.0545. The highest BCUT2D eigenvalue weighted by Crippen LogP contribution is 2.36. The first kappa shape index (κ1) is 24.9. The molecule has 0 spiro atoms. The van der Waals surface area contributed by atoms with Crippen LogP contribution in [-0.4, -0.2) is 39.1 Å². The maximum atomic E-state index is 12.8. The predicted octanol–water partition coefficient (Wildman–Crippen LogP) is 4.94. The van der Waals surface area contributed by atoms with Gasteiger partial charge in [0.05, 0.1) is 29.3 Å². The minimum Gasteiger partial charge on any atom is -0.493 e. The number of rotatable bonds is 7. The monoisotopic (exact) mass is 527 g/mol. The van der Waals surface area contributed by atoms with Crippen molar-refractivity contribution in [1.82, 2.24) is 14.2 Å². The second-order valence-corrected chi connectivity index (χ2v) is 8.38. The Morgan fingerprint density at radius 1 is 1.03 bits per heavy atom. The zero-order chi connectivity index (χ0) is 25.3. The average Bonchev–Trinajstić information content (AvgIpc) is 3.13. The molecule has 12 heteroatoms. The molecule has 1 N–H and O–H groups in total. The number of hydrogen-bond donors (Lipinski definition) is 1. The van der Waals surface area contributed by atoms with E-state index >= 15 is 0 Å². The second-order valence-electron chi connectivity index (χ2n) is 7.57. The molecule has 0 aliphatic heterocycles. The van der Waals surface area contributed by atoms with Gasteiger partial charge in [0.1, 0.15) is 12.7 Å². The summed E-state index contributed by atoms with van der Waals surface area (Å²) in [6.45, 7) is -0.356. The smallest absolute Gasteiger partial charge is 0.416 e. The Bertz CT molecular complexity index is 1420. The number of aliphatic hydroxyl groups excluding tert-OH is 1. The van der Waals surface area contributed by atoms with Crippen LogP contribution in [0.3, 0.4) is 0 Å². The Morgan fingerprint density at radius 3 is 2.29 bits per heavy atom. The van der Waals surface area contributed by atoms with Gasteiger partial charge < -0.3 is 14.6 Å². The number of halogens is 5. The van der Waals surface area contributed by atoms with Crippen molar-refractivity contribution >= 4 is 28.8 Å². The summed E-state index contributed by atoms with van der Waals surface area (Å²) < 4.78 is 51.5. The van der Waals surface area contributed by atoms with Crippen molar-refractivity contribution in [1.29, 1.82) is 0 Å². The fourth-order valence-electron chi connectivity index (χ4n) is 3.38. The van der Waals surface area contributed by atoms with Gasteiger partial charge in [-0.3, -0.25) is 0 Å². The summed E-state index contributed by atoms with van der Waals surface area (Å²) in [5.74, 6) is 0.594. The molecule has 0 saturated carbocycles. The Balaban J connectivity index is 1.50. The summed E-state index contributed by atoms with van der Waals surface area (Å²) in [7, 11) is 1.43. The molecule has 2 heterocycles. The number of ether oxygens (including phenoxy) is 2. The summed E-state index contributed by atoms with van der Waals surface area (Å²) in [5, 5.41) is 15.1. The summed E-state index contributed by atoms with van der Waals surface area (Å²) >= 11 is 12.0. The van der Waals surface area contributed by atoms with Gasteiger partial charge in [-0.05, 0) is 35.4 Å². The number of aliphatic hydroxyl groups is 1. The molecule has 1 atom stereocenters. The maximum absolute atomic E-state index is 12.8. The Morgan fingerprint density at radius 2 is 1.66 bits per heavy atom. The lowest BCUT2D eigenvalue weighted by atomic mass is 10.1. The van der Waals surface area contributed by atoms with Gasteiger partial charge in [-0.1, -0.05) is 35.3 Å². The summed E-state index contributed by atoms with van der Waals surface area (Å²) in [6, 6.07) is 10.8. The molecule has 0 amide bonds. The van der Waals surface area contributed by atoms with Crippen LogP contribution in [0.15, 0.2) is 59.5 Å². The third-order valence-electron chi connectivity index (χ3n) is 5.14. The first-order chi connectivity index (χ1) is 16.6. The fraction of sp³-hybridized carbons (Fsp3) is 0.217. The van der Waals surface area contributed by atoms with Crippen molar-refractivity contribution in [2.45, 2.75) is 18.8 Å². The number of aromatic nitrogens is 3. The van der Waals surface area contributed by atoms with Gasteiger partial charge in [-0.2, -0.15) is 13.2 Å². The highest BCUT2D eigenvalue weighted by molar-refractivity contribution is 6.42. The minimum absolute atomic E-state index is 0.167. The van der Waals surface area contributed by atoms with Gasteiger partial charge in [0.15, 0.2) is 17.1 Å². The molecule has 0 radical (unpaired) electrons. The molecule has 35 heavy (non-hydrogen) atoms. The third kappa shape index (κ3) is 5.39. The van der Waals surface area contributed by atoms with Crippen molar-refractivity contribution in [3.8, 4) is 22.6 Å². The van der Waals surface area contributed by atoms with E-state index in [2.05, 4.69) is 5.10 Å². The van der Waals surface area contributed by atoms with E-state index in [1.54, 1.807) is 12.1 Å². The second kappa shape index (κ2) is 9.80. The number of methoxy groups -OCH3 is 1. The van der Waals surface area contributed by atoms with Gasteiger partial charge in [-0.15, -0.1) is 5.10 Å². The molecular weight excluding hydrogens is 510 g/mol. The van der Waals surface area contributed by atoms with Crippen LogP contribution in [0.5, 0.6) is 11.5 Å². The fourth-order valence-corrected chi connectivity index (χ4v) is 3.69. The molecule has 2 aromatic heterocycles. The first-order valence-corrected chi connectivity index (χ1v) is 10.9. The molecule has 4 aromatic rings. The average molecular weight is 528 g/mol. The van der Waals surface area contributed by atoms with Gasteiger partial charge in [0, 0.05) is 18.3 Å². The Labute approximate surface area is 206 Å². The van der Waals surface area contributed by atoms with Gasteiger partial charge in [0.2, 0.25) is 0 Å². The maximum Gasteiger partial charge on any atom is 0.416 e. The van der Waals surface area contributed by atoms with Crippen LogP contribution in [0.25, 0.3) is 16.8 Å². The number of alkyl halides is 3. The minimum atomic E-state index is -4.43. The van der Waals surface area contributed by atoms with Crippen LogP contribution >= 0.6 is 23.2 Å². The van der Waals surface area contributed by atoms with Crippen LogP contribution in [0, 0.1) is 0 Å². The SMILES string of the molecule is COc1cc(Cl)c(Cl)cc1OCC(O)Cn1nc2ccc(-c3ccc(C(F)(F)F)cc3)cn2c1=O. The molecule has 184 valence electrons. The molecule has 0 fully saturated rings. The van der Waals surface area contributed by atoms with E-state index in [0.29, 0.717) is 22.5 Å². The molecular formula is C23H18Cl2F3N3O4. The molecule has 1 unspecified atom stereocenters. The third-order valence-corrected chi connectivity index (χ3v) is 5.87. The molecule has 2 aromatic carbocycles. The molecule has 0 saturated heterocycles. The largest absolute Gasteiger partial charge is 0.493 e. The van der Waals surface area contributed by atoms with Gasteiger partial charge in [0.25, 0.3) is 0 Å². The number of nitrogens with zero attached hydrogens (tertiary/aromatic N) is 3. The number of pyridine rings is 1. The standard InChI is InChI=1S/C23H18Cl2F3N3O4/c1-34-19-8-17(24)18(25)9-20(19)35-12-16(32)11-31-22(33)30-10-14(4-7-21(30)29-31)13-2-5-15(6-3-13)23(26,27)28/h2-10,16,32H,11-12H2,1H3. The zero-order valence-electron chi connectivity index (χ0n) is 18.1. The molecule has 4 rings (SSSR count). The Kier molecular flexibility index (Phi) is 6.98. The summed E-state index contributed by atoms with van der Waals surface area (Å²) in [6.07, 6.45) is -4.06. The lowest BCUT2D eigenvalue weighted by Crippen LogP contribution is -2.30. The Hall–Kier alpha value is -3.21. The highest BCUT2D eigenvalue weighted by Gasteiger charge is 2.30. The van der Waals surface area contributed by atoms with E-state index in [-0.39, 0.29) is 28.9 Å². The van der Waals surface area contributed by atoms with Gasteiger partial charge in [-0.25, -0.2) is 13.9 Å². The lowest BCUT2D eigenvalue weighted by molar-refractivity contribution is -0.137. The molecule has 0 bridgehead atoms. The molecule has 0 aliphatic carbocycles. The van der Waals surface area contributed by atoms with Crippen LogP contribution in [0.4, 0.5) is 13.2 Å². The van der Waals surface area contributed by atoms with E-state index in [9.17, 15) is 23.1 Å². The molecule has 7 nitrogen and oxygen atoms in total. The van der Waals surface area contributed by atoms with Crippen LogP contribution in [0.2, 0.25) is 10.0 Å². The van der Waals surface area contributed by atoms with E-state index in [4.69, 9.17) is 32.7 Å². The zero-order valence-corrected chi connectivity index (χ0v) is 19.6. The van der Waals surface area contributed by atoms with E-state index in [0.717, 1.165) is 16.8 Å². The number of benzene rings is 2. The van der Waals surface area contributed by atoms with Crippen LogP contribution in [-0.2, 0) is 12.7 Å². The van der Waals surface area contributed by atoms with Crippen molar-refractivity contribution in [3.63, 3.8) is 0 Å². The quantitative estimate of drug-likeness (QED) is 0.368.